The fourth-order valence-electron chi connectivity index (χ4n) is 8.19. The van der Waals surface area contributed by atoms with Crippen LogP contribution in [0.4, 0.5) is 5.69 Å². The van der Waals surface area contributed by atoms with Crippen molar-refractivity contribution in [2.75, 3.05) is 31.2 Å². The maximum Gasteiger partial charge on any atom is 0.264 e. The van der Waals surface area contributed by atoms with Crippen LogP contribution in [0.5, 0.6) is 5.75 Å². The topological polar surface area (TPSA) is 105 Å². The van der Waals surface area contributed by atoms with E-state index in [1.165, 1.54) is 11.1 Å². The van der Waals surface area contributed by atoms with Gasteiger partial charge in [-0.1, -0.05) is 36.7 Å². The van der Waals surface area contributed by atoms with Crippen LogP contribution in [-0.4, -0.2) is 63.2 Å². The molecule has 10 heteroatoms. The van der Waals surface area contributed by atoms with Gasteiger partial charge in [-0.05, 0) is 111 Å². The lowest BCUT2D eigenvalue weighted by Crippen LogP contribution is -2.49. The normalized spacial score (nSPS) is 35.0. The third-order valence-electron chi connectivity index (χ3n) is 11.1. The van der Waals surface area contributed by atoms with Gasteiger partial charge >= 0.3 is 0 Å². The zero-order valence-electron chi connectivity index (χ0n) is 25.8. The number of nitrogens with one attached hydrogen (secondary N) is 1. The third kappa shape index (κ3) is 6.01. The Balaban J connectivity index is 1.27. The van der Waals surface area contributed by atoms with Crippen LogP contribution in [0.15, 0.2) is 48.6 Å². The maximum atomic E-state index is 13.7. The Labute approximate surface area is 271 Å². The second-order valence-electron chi connectivity index (χ2n) is 14.0. The molecule has 1 saturated carbocycles. The first-order chi connectivity index (χ1) is 21.6. The molecule has 5 aliphatic rings. The zero-order valence-corrected chi connectivity index (χ0v) is 27.4. The van der Waals surface area contributed by atoms with E-state index in [1.54, 1.807) is 18.2 Å². The summed E-state index contributed by atoms with van der Waals surface area (Å²) < 4.78 is 42.1. The highest BCUT2D eigenvalue weighted by Crippen LogP contribution is 2.47. The first-order valence-electron chi connectivity index (χ1n) is 16.4. The summed E-state index contributed by atoms with van der Waals surface area (Å²) in [6.07, 6.45) is 9.55. The molecule has 1 amide bonds. The van der Waals surface area contributed by atoms with Crippen LogP contribution in [0.2, 0.25) is 5.02 Å². The van der Waals surface area contributed by atoms with Crippen molar-refractivity contribution >= 4 is 33.2 Å². The van der Waals surface area contributed by atoms with E-state index < -0.39 is 27.3 Å². The second kappa shape index (κ2) is 12.2. The average molecular weight is 655 g/mol. The van der Waals surface area contributed by atoms with Gasteiger partial charge in [0.25, 0.3) is 5.91 Å². The Morgan fingerprint density at radius 1 is 1.16 bits per heavy atom. The zero-order chi connectivity index (χ0) is 31.3. The quantitative estimate of drug-likeness (QED) is 0.418. The van der Waals surface area contributed by atoms with Crippen molar-refractivity contribution in [2.24, 2.45) is 17.8 Å². The molecule has 2 fully saturated rings. The molecule has 0 aromatic heterocycles. The summed E-state index contributed by atoms with van der Waals surface area (Å²) in [6.45, 7) is 4.41. The number of aryl methyl sites for hydroxylation is 1. The predicted octanol–water partition coefficient (Wildman–Crippen LogP) is 5.40. The lowest BCUT2D eigenvalue weighted by molar-refractivity contribution is -0.0564. The molecule has 2 aliphatic carbocycles. The van der Waals surface area contributed by atoms with E-state index in [1.807, 2.05) is 25.1 Å². The summed E-state index contributed by atoms with van der Waals surface area (Å²) in [4.78, 5) is 16.0. The number of rotatable bonds is 2. The molecule has 0 radical (unpaired) electrons. The Morgan fingerprint density at radius 2 is 2.00 bits per heavy atom. The number of sulfonamides is 1. The van der Waals surface area contributed by atoms with Gasteiger partial charge in [0.2, 0.25) is 10.0 Å². The van der Waals surface area contributed by atoms with Crippen molar-refractivity contribution in [2.45, 2.75) is 81.2 Å². The lowest BCUT2D eigenvalue weighted by atomic mass is 9.68. The number of carbonyl (C=O) groups excluding carboxylic acids is 1. The van der Waals surface area contributed by atoms with Gasteiger partial charge in [0, 0.05) is 35.7 Å². The average Bonchev–Trinajstić information content (AvgIpc) is 3.10. The molecule has 1 saturated heterocycles. The van der Waals surface area contributed by atoms with E-state index >= 15 is 0 Å². The Morgan fingerprint density at radius 3 is 2.76 bits per heavy atom. The highest BCUT2D eigenvalue weighted by Gasteiger charge is 2.44. The molecule has 8 nitrogen and oxygen atoms in total. The summed E-state index contributed by atoms with van der Waals surface area (Å²) in [6, 6.07) is 11.4. The molecule has 2 bridgehead atoms. The van der Waals surface area contributed by atoms with E-state index in [4.69, 9.17) is 21.1 Å². The molecule has 7 rings (SSSR count). The van der Waals surface area contributed by atoms with Gasteiger partial charge in [0.1, 0.15) is 5.75 Å². The highest BCUT2D eigenvalue weighted by molar-refractivity contribution is 7.90. The molecule has 3 heterocycles. The van der Waals surface area contributed by atoms with Crippen LogP contribution in [-0.2, 0) is 26.6 Å². The van der Waals surface area contributed by atoms with E-state index in [9.17, 15) is 18.3 Å². The van der Waals surface area contributed by atoms with Crippen LogP contribution in [0.25, 0.3) is 0 Å². The largest absolute Gasteiger partial charge is 0.490 e. The van der Waals surface area contributed by atoms with Crippen molar-refractivity contribution in [1.82, 2.24) is 4.72 Å². The maximum absolute atomic E-state index is 13.7. The van der Waals surface area contributed by atoms with E-state index in [2.05, 4.69) is 21.8 Å². The van der Waals surface area contributed by atoms with Gasteiger partial charge in [-0.25, -0.2) is 13.1 Å². The molecule has 2 aromatic carbocycles. The number of aliphatic hydroxyl groups is 1. The highest BCUT2D eigenvalue weighted by atomic mass is 35.5. The number of hydrogen-bond donors (Lipinski definition) is 2. The van der Waals surface area contributed by atoms with E-state index in [0.29, 0.717) is 44.9 Å². The minimum absolute atomic E-state index is 0.111. The molecular weight excluding hydrogens is 612 g/mol. The first kappa shape index (κ1) is 31.0. The molecule has 7 atom stereocenters. The molecule has 2 aromatic rings. The van der Waals surface area contributed by atoms with E-state index in [-0.39, 0.29) is 34.8 Å². The van der Waals surface area contributed by atoms with Gasteiger partial charge < -0.3 is 19.5 Å². The summed E-state index contributed by atoms with van der Waals surface area (Å²) in [5.41, 5.74) is 3.30. The Bertz CT molecular complexity index is 1590. The first-order valence-corrected chi connectivity index (χ1v) is 18.4. The number of nitrogens with zero attached hydrogens (tertiary/aromatic N) is 1. The van der Waals surface area contributed by atoms with Crippen molar-refractivity contribution in [3.05, 3.63) is 70.3 Å². The Hall–Kier alpha value is -2.59. The smallest absolute Gasteiger partial charge is 0.264 e. The summed E-state index contributed by atoms with van der Waals surface area (Å²) in [5, 5.41) is 11.2. The minimum atomic E-state index is -4.02. The SMILES string of the molecule is C[C@H]1C/C=C/[C@H](O)[C@@H]2CC[C@H]2CN2C[C@@]3(CCCc4cc(Cl)ccc43)COc3ccc(cc32)C(=O)NS(=O)(=O)[C@H]1C[C@@H]1CCO1. The molecule has 2 N–H and O–H groups in total. The molecule has 3 aliphatic heterocycles. The van der Waals surface area contributed by atoms with Gasteiger partial charge in [0.05, 0.1) is 29.8 Å². The number of amides is 1. The van der Waals surface area contributed by atoms with Gasteiger partial charge in [0.15, 0.2) is 0 Å². The van der Waals surface area contributed by atoms with Crippen LogP contribution in [0.3, 0.4) is 0 Å². The summed E-state index contributed by atoms with van der Waals surface area (Å²) in [7, 11) is -4.02. The molecule has 1 spiro atoms. The molecule has 45 heavy (non-hydrogen) atoms. The number of halogens is 1. The molecular formula is C35H43ClN2O6S. The number of carbonyl (C=O) groups is 1. The molecule has 242 valence electrons. The predicted molar refractivity (Wildman–Crippen MR) is 175 cm³/mol. The second-order valence-corrected chi connectivity index (χ2v) is 16.3. The third-order valence-corrected chi connectivity index (χ3v) is 13.2. The van der Waals surface area contributed by atoms with Crippen molar-refractivity contribution in [3.8, 4) is 5.75 Å². The van der Waals surface area contributed by atoms with Crippen molar-refractivity contribution < 1.29 is 27.8 Å². The van der Waals surface area contributed by atoms with Crippen molar-refractivity contribution in [1.29, 1.82) is 0 Å². The van der Waals surface area contributed by atoms with Gasteiger partial charge in [-0.2, -0.15) is 0 Å². The number of fused-ring (bicyclic) bond motifs is 4. The number of hydrogen-bond acceptors (Lipinski definition) is 7. The van der Waals surface area contributed by atoms with Crippen LogP contribution < -0.4 is 14.4 Å². The van der Waals surface area contributed by atoms with Crippen LogP contribution in [0.1, 0.15) is 73.4 Å². The Kier molecular flexibility index (Phi) is 8.42. The fraction of sp³-hybridized carbons (Fsp3) is 0.571. The number of aliphatic hydroxyl groups excluding tert-OH is 1. The number of anilines is 1. The lowest BCUT2D eigenvalue weighted by Gasteiger charge is -2.45. The fourth-order valence-corrected chi connectivity index (χ4v) is 10.1. The minimum Gasteiger partial charge on any atom is -0.490 e. The van der Waals surface area contributed by atoms with Crippen LogP contribution >= 0.6 is 11.6 Å². The van der Waals surface area contributed by atoms with E-state index in [0.717, 1.165) is 49.2 Å². The standard InChI is InChI=1S/C35H43ClN2O6S/c1-22-4-2-6-31(39)28-10-7-25(28)19-38-20-35(14-3-5-23-16-26(36)9-11-29(23)35)21-44-32-12-8-24(17-30(32)38)34(40)37-45(41,42)33(22)18-27-13-15-43-27/h2,6,8-9,11-12,16-17,22,25,27-28,31,33,39H,3-5,7,10,13-15,18-21H2,1H3,(H,37,40)/b6-2+/t22-,25-,27-,28+,31-,33-,35-/m0/s1. The van der Waals surface area contributed by atoms with Crippen molar-refractivity contribution in [3.63, 3.8) is 0 Å². The monoisotopic (exact) mass is 654 g/mol. The number of ether oxygens (including phenoxy) is 2. The summed E-state index contributed by atoms with van der Waals surface area (Å²) in [5.74, 6) is 0.153. The molecule has 0 unspecified atom stereocenters. The summed E-state index contributed by atoms with van der Waals surface area (Å²) >= 11 is 6.41. The van der Waals surface area contributed by atoms with Gasteiger partial charge in [-0.3, -0.25) is 4.79 Å². The van der Waals surface area contributed by atoms with Crippen LogP contribution in [0, 0.1) is 17.8 Å². The van der Waals surface area contributed by atoms with Gasteiger partial charge in [-0.15, -0.1) is 0 Å². The number of allylic oxidation sites excluding steroid dienone is 1. The number of benzene rings is 2.